The zero-order valence-electron chi connectivity index (χ0n) is 26.7. The molecule has 0 aliphatic carbocycles. The SMILES string of the molecule is CCCCCCCCCCCCOc1ccc(NC(=O)C(=O)OCC)cc1.Cc1ccc(N)cc1.Cc1cccc(N)c1. The summed E-state index contributed by atoms with van der Waals surface area (Å²) in [6, 6.07) is 22.6. The van der Waals surface area contributed by atoms with Crippen LogP contribution >= 0.6 is 0 Å². The molecule has 0 fully saturated rings. The first-order valence-electron chi connectivity index (χ1n) is 15.6. The van der Waals surface area contributed by atoms with Crippen LogP contribution in [-0.2, 0) is 14.3 Å². The van der Waals surface area contributed by atoms with Gasteiger partial charge in [0.15, 0.2) is 0 Å². The van der Waals surface area contributed by atoms with Gasteiger partial charge in [0.25, 0.3) is 0 Å². The highest BCUT2D eigenvalue weighted by Gasteiger charge is 2.14. The average Bonchev–Trinajstić information content (AvgIpc) is 2.99. The third-order valence-electron chi connectivity index (χ3n) is 6.46. The maximum Gasteiger partial charge on any atom is 0.397 e. The van der Waals surface area contributed by atoms with E-state index in [4.69, 9.17) is 16.2 Å². The fraction of sp³-hybridized carbons (Fsp3) is 0.444. The highest BCUT2D eigenvalue weighted by molar-refractivity contribution is 6.37. The number of hydrogen-bond donors (Lipinski definition) is 3. The lowest BCUT2D eigenvalue weighted by Crippen LogP contribution is -2.24. The van der Waals surface area contributed by atoms with Gasteiger partial charge in [0.1, 0.15) is 5.75 Å². The zero-order valence-corrected chi connectivity index (χ0v) is 26.7. The van der Waals surface area contributed by atoms with Gasteiger partial charge in [-0.15, -0.1) is 0 Å². The largest absolute Gasteiger partial charge is 0.494 e. The van der Waals surface area contributed by atoms with Crippen LogP contribution in [0.2, 0.25) is 0 Å². The Hall–Kier alpha value is -4.00. The summed E-state index contributed by atoms with van der Waals surface area (Å²) in [5, 5.41) is 2.50. The lowest BCUT2D eigenvalue weighted by molar-refractivity contribution is -0.152. The molecule has 0 heterocycles. The number of carbonyl (C=O) groups excluding carboxylic acids is 2. The zero-order chi connectivity index (χ0) is 31.7. The maximum atomic E-state index is 11.6. The Kier molecular flexibility index (Phi) is 20.3. The summed E-state index contributed by atoms with van der Waals surface area (Å²) in [5.74, 6) is -0.880. The Morgan fingerprint density at radius 1 is 0.674 bits per heavy atom. The molecule has 0 spiro atoms. The molecule has 7 heteroatoms. The Morgan fingerprint density at radius 2 is 1.26 bits per heavy atom. The van der Waals surface area contributed by atoms with Gasteiger partial charge >= 0.3 is 11.9 Å². The first-order chi connectivity index (χ1) is 20.7. The van der Waals surface area contributed by atoms with Crippen molar-refractivity contribution in [2.45, 2.75) is 91.9 Å². The molecule has 0 aromatic heterocycles. The Labute approximate surface area is 259 Å². The highest BCUT2D eigenvalue weighted by atomic mass is 16.5. The minimum Gasteiger partial charge on any atom is -0.494 e. The lowest BCUT2D eigenvalue weighted by atomic mass is 10.1. The monoisotopic (exact) mass is 591 g/mol. The standard InChI is InChI=1S/C22H35NO4.2C7H9N/c1-3-5-6-7-8-9-10-11-12-13-18-27-20-16-14-19(15-17-20)23-21(24)22(25)26-4-2;1-6-2-4-7(8)5-3-6;1-6-3-2-4-7(8)5-6/h14-17H,3-13,18H2,1-2H3,(H,23,24);2*2-5H,8H2,1H3. The van der Waals surface area contributed by atoms with Gasteiger partial charge in [-0.05, 0) is 81.3 Å². The van der Waals surface area contributed by atoms with Gasteiger partial charge < -0.3 is 26.3 Å². The number of anilines is 3. The van der Waals surface area contributed by atoms with Gasteiger partial charge in [-0.25, -0.2) is 4.79 Å². The number of nitrogens with one attached hydrogen (secondary N) is 1. The predicted octanol–water partition coefficient (Wildman–Crippen LogP) is 8.64. The number of hydrogen-bond acceptors (Lipinski definition) is 6. The van der Waals surface area contributed by atoms with Crippen molar-refractivity contribution in [1.82, 2.24) is 0 Å². The van der Waals surface area contributed by atoms with Gasteiger partial charge in [-0.2, -0.15) is 0 Å². The second kappa shape index (κ2) is 23.6. The predicted molar refractivity (Wildman–Crippen MR) is 180 cm³/mol. The van der Waals surface area contributed by atoms with Crippen molar-refractivity contribution >= 4 is 28.9 Å². The van der Waals surface area contributed by atoms with Crippen LogP contribution in [0.3, 0.4) is 0 Å². The van der Waals surface area contributed by atoms with Crippen molar-refractivity contribution in [1.29, 1.82) is 0 Å². The van der Waals surface area contributed by atoms with Crippen LogP contribution in [0.4, 0.5) is 17.1 Å². The molecule has 0 aliphatic heterocycles. The van der Waals surface area contributed by atoms with Crippen LogP contribution in [0.1, 0.15) is 89.2 Å². The minimum atomic E-state index is -0.876. The van der Waals surface area contributed by atoms with E-state index in [9.17, 15) is 9.59 Å². The molecule has 7 nitrogen and oxygen atoms in total. The van der Waals surface area contributed by atoms with Crippen LogP contribution in [0.5, 0.6) is 5.75 Å². The molecule has 5 N–H and O–H groups in total. The number of amides is 1. The van der Waals surface area contributed by atoms with E-state index < -0.39 is 11.9 Å². The molecule has 0 saturated carbocycles. The molecule has 1 amide bonds. The van der Waals surface area contributed by atoms with Crippen LogP contribution in [0.15, 0.2) is 72.8 Å². The molecule has 0 aliphatic rings. The summed E-state index contributed by atoms with van der Waals surface area (Å²) in [6.07, 6.45) is 13.0. The van der Waals surface area contributed by atoms with Crippen LogP contribution in [0, 0.1) is 13.8 Å². The highest BCUT2D eigenvalue weighted by Crippen LogP contribution is 2.17. The fourth-order valence-corrected chi connectivity index (χ4v) is 4.03. The van der Waals surface area contributed by atoms with Crippen molar-refractivity contribution in [3.05, 3.63) is 83.9 Å². The second-order valence-corrected chi connectivity index (χ2v) is 10.6. The maximum absolute atomic E-state index is 11.6. The number of nitrogen functional groups attached to an aromatic ring is 2. The Bertz CT molecular complexity index is 1110. The number of aryl methyl sites for hydroxylation is 2. The summed E-state index contributed by atoms with van der Waals surface area (Å²) in [6.45, 7) is 8.85. The number of rotatable bonds is 14. The molecule has 3 aromatic carbocycles. The molecular formula is C36H53N3O4. The van der Waals surface area contributed by atoms with E-state index in [-0.39, 0.29) is 6.61 Å². The molecule has 3 rings (SSSR count). The summed E-state index contributed by atoms with van der Waals surface area (Å²) < 4.78 is 10.4. The smallest absolute Gasteiger partial charge is 0.397 e. The number of carbonyl (C=O) groups is 2. The molecule has 0 radical (unpaired) electrons. The van der Waals surface area contributed by atoms with Gasteiger partial charge in [-0.3, -0.25) is 4.79 Å². The number of benzene rings is 3. The number of nitrogens with two attached hydrogens (primary N) is 2. The normalized spacial score (nSPS) is 9.95. The van der Waals surface area contributed by atoms with E-state index in [0.29, 0.717) is 12.3 Å². The Morgan fingerprint density at radius 3 is 1.74 bits per heavy atom. The molecule has 0 unspecified atom stereocenters. The number of ether oxygens (including phenoxy) is 2. The van der Waals surface area contributed by atoms with Crippen LogP contribution < -0.4 is 21.5 Å². The molecule has 0 bridgehead atoms. The van der Waals surface area contributed by atoms with Crippen molar-refractivity contribution in [2.75, 3.05) is 30.0 Å². The summed E-state index contributed by atoms with van der Waals surface area (Å²) in [7, 11) is 0. The van der Waals surface area contributed by atoms with E-state index in [1.807, 2.05) is 62.4 Å². The Balaban J connectivity index is 0.000000461. The molecule has 0 saturated heterocycles. The molecule has 236 valence electrons. The summed E-state index contributed by atoms with van der Waals surface area (Å²) >= 11 is 0. The topological polar surface area (TPSA) is 117 Å². The minimum absolute atomic E-state index is 0.179. The molecule has 3 aromatic rings. The number of unbranched alkanes of at least 4 members (excludes halogenated alkanes) is 9. The van der Waals surface area contributed by atoms with E-state index in [2.05, 4.69) is 17.0 Å². The molecule has 0 atom stereocenters. The molecular weight excluding hydrogens is 538 g/mol. The van der Waals surface area contributed by atoms with Gasteiger partial charge in [0, 0.05) is 17.1 Å². The summed E-state index contributed by atoms with van der Waals surface area (Å²) in [5.41, 5.74) is 15.6. The van der Waals surface area contributed by atoms with Crippen molar-refractivity contribution in [3.8, 4) is 5.75 Å². The first-order valence-corrected chi connectivity index (χ1v) is 15.6. The van der Waals surface area contributed by atoms with E-state index in [1.165, 1.54) is 68.9 Å². The van der Waals surface area contributed by atoms with Gasteiger partial charge in [0.2, 0.25) is 0 Å². The number of esters is 1. The van der Waals surface area contributed by atoms with Crippen molar-refractivity contribution in [2.24, 2.45) is 0 Å². The van der Waals surface area contributed by atoms with Crippen LogP contribution in [0.25, 0.3) is 0 Å². The van der Waals surface area contributed by atoms with Gasteiger partial charge in [-0.1, -0.05) is 94.5 Å². The average molecular weight is 592 g/mol. The lowest BCUT2D eigenvalue weighted by Gasteiger charge is -2.08. The fourth-order valence-electron chi connectivity index (χ4n) is 4.03. The molecule has 43 heavy (non-hydrogen) atoms. The van der Waals surface area contributed by atoms with E-state index in [0.717, 1.165) is 23.5 Å². The van der Waals surface area contributed by atoms with Gasteiger partial charge in [0.05, 0.1) is 13.2 Å². The quantitative estimate of drug-likeness (QED) is 0.0747. The second-order valence-electron chi connectivity index (χ2n) is 10.6. The third kappa shape index (κ3) is 19.7. The van der Waals surface area contributed by atoms with Crippen molar-refractivity contribution in [3.63, 3.8) is 0 Å². The first kappa shape index (κ1) is 37.0. The van der Waals surface area contributed by atoms with E-state index in [1.54, 1.807) is 31.2 Å². The third-order valence-corrected chi connectivity index (χ3v) is 6.46. The van der Waals surface area contributed by atoms with E-state index >= 15 is 0 Å². The summed E-state index contributed by atoms with van der Waals surface area (Å²) in [4.78, 5) is 22.8. The van der Waals surface area contributed by atoms with Crippen LogP contribution in [-0.4, -0.2) is 25.1 Å². The van der Waals surface area contributed by atoms with Crippen molar-refractivity contribution < 1.29 is 19.1 Å².